The minimum atomic E-state index is -0.222. The Bertz CT molecular complexity index is 905. The molecule has 8 nitrogen and oxygen atoms in total. The summed E-state index contributed by atoms with van der Waals surface area (Å²) in [6.45, 7) is 3.94. The Morgan fingerprint density at radius 3 is 2.54 bits per heavy atom. The van der Waals surface area contributed by atoms with E-state index in [0.717, 1.165) is 35.9 Å². The molecule has 0 atom stereocenters. The largest absolute Gasteiger partial charge is 0.383 e. The molecular weight excluding hydrogens is 374 g/mol. The molecule has 1 amide bonds. The van der Waals surface area contributed by atoms with E-state index in [-0.39, 0.29) is 23.3 Å². The number of rotatable bonds is 5. The number of thioether (sulfide) groups is 1. The fourth-order valence-corrected chi connectivity index (χ4v) is 4.38. The highest BCUT2D eigenvalue weighted by Crippen LogP contribution is 2.36. The summed E-state index contributed by atoms with van der Waals surface area (Å²) in [5, 5.41) is 13.0. The standard InChI is InChI=1S/C19H25N7OS/c1-11-12(2)26(13-6-4-3-5-7-13)18(14(11)9-20)25-17(27)10-28-19-23-15(21)8-16(22)24-19/h8,13H,3-7,10H2,1-2H3,(H,25,27)(H4,21,22,23,24). The highest BCUT2D eigenvalue weighted by atomic mass is 32.2. The molecule has 3 rings (SSSR count). The van der Waals surface area contributed by atoms with E-state index in [9.17, 15) is 10.1 Å². The number of carbonyl (C=O) groups excluding carboxylic acids is 1. The molecule has 1 aliphatic rings. The number of amides is 1. The van der Waals surface area contributed by atoms with Crippen molar-refractivity contribution in [2.24, 2.45) is 0 Å². The summed E-state index contributed by atoms with van der Waals surface area (Å²) in [4.78, 5) is 20.7. The van der Waals surface area contributed by atoms with Gasteiger partial charge in [-0.15, -0.1) is 0 Å². The number of nitriles is 1. The first-order chi connectivity index (χ1) is 13.4. The summed E-state index contributed by atoms with van der Waals surface area (Å²) in [6, 6.07) is 4.04. The van der Waals surface area contributed by atoms with Crippen LogP contribution in [0.2, 0.25) is 0 Å². The van der Waals surface area contributed by atoms with E-state index in [1.165, 1.54) is 25.3 Å². The lowest BCUT2D eigenvalue weighted by atomic mass is 9.95. The predicted octanol–water partition coefficient (Wildman–Crippen LogP) is 3.17. The van der Waals surface area contributed by atoms with Crippen molar-refractivity contribution in [1.82, 2.24) is 14.5 Å². The van der Waals surface area contributed by atoms with Crippen LogP contribution in [0, 0.1) is 25.2 Å². The highest BCUT2D eigenvalue weighted by Gasteiger charge is 2.25. The second kappa shape index (κ2) is 8.52. The zero-order chi connectivity index (χ0) is 20.3. The molecule has 1 fully saturated rings. The van der Waals surface area contributed by atoms with Crippen LogP contribution in [0.3, 0.4) is 0 Å². The van der Waals surface area contributed by atoms with Gasteiger partial charge < -0.3 is 21.4 Å². The minimum Gasteiger partial charge on any atom is -0.383 e. The third-order valence-electron chi connectivity index (χ3n) is 5.14. The summed E-state index contributed by atoms with van der Waals surface area (Å²) in [5.74, 6) is 1.00. The molecular formula is C19H25N7OS. The predicted molar refractivity (Wildman–Crippen MR) is 111 cm³/mol. The number of nitrogens with two attached hydrogens (primary N) is 2. The Morgan fingerprint density at radius 1 is 1.29 bits per heavy atom. The van der Waals surface area contributed by atoms with Crippen LogP contribution in [0.25, 0.3) is 0 Å². The zero-order valence-corrected chi connectivity index (χ0v) is 17.0. The van der Waals surface area contributed by atoms with Gasteiger partial charge in [-0.05, 0) is 32.3 Å². The topological polar surface area (TPSA) is 136 Å². The molecule has 0 saturated heterocycles. The SMILES string of the molecule is Cc1c(C#N)c(NC(=O)CSc2nc(N)cc(N)n2)n(C2CCCCC2)c1C. The van der Waals surface area contributed by atoms with Crippen molar-refractivity contribution in [3.05, 3.63) is 22.9 Å². The van der Waals surface area contributed by atoms with Gasteiger partial charge in [0.15, 0.2) is 5.16 Å². The summed E-state index contributed by atoms with van der Waals surface area (Å²) in [7, 11) is 0. The summed E-state index contributed by atoms with van der Waals surface area (Å²) in [5.41, 5.74) is 13.8. The van der Waals surface area contributed by atoms with E-state index in [1.807, 2.05) is 13.8 Å². The van der Waals surface area contributed by atoms with Crippen molar-refractivity contribution in [2.45, 2.75) is 57.1 Å². The maximum absolute atomic E-state index is 12.6. The fraction of sp³-hybridized carbons (Fsp3) is 0.474. The number of aromatic nitrogens is 3. The number of nitrogen functional groups attached to an aromatic ring is 2. The van der Waals surface area contributed by atoms with Gasteiger partial charge in [0.1, 0.15) is 23.5 Å². The van der Waals surface area contributed by atoms with Crippen molar-refractivity contribution >= 4 is 35.1 Å². The number of hydrogen-bond donors (Lipinski definition) is 3. The van der Waals surface area contributed by atoms with Gasteiger partial charge >= 0.3 is 0 Å². The first-order valence-electron chi connectivity index (χ1n) is 9.35. The number of anilines is 3. The maximum atomic E-state index is 12.6. The molecule has 0 aromatic carbocycles. The van der Waals surface area contributed by atoms with Gasteiger partial charge in [-0.25, -0.2) is 9.97 Å². The van der Waals surface area contributed by atoms with Gasteiger partial charge in [-0.3, -0.25) is 4.79 Å². The molecule has 0 spiro atoms. The number of carbonyl (C=O) groups is 1. The van der Waals surface area contributed by atoms with Crippen molar-refractivity contribution in [2.75, 3.05) is 22.5 Å². The quantitative estimate of drug-likeness (QED) is 0.519. The van der Waals surface area contributed by atoms with Crippen molar-refractivity contribution < 1.29 is 4.79 Å². The molecule has 1 saturated carbocycles. The molecule has 2 heterocycles. The van der Waals surface area contributed by atoms with E-state index in [0.29, 0.717) is 22.6 Å². The maximum Gasteiger partial charge on any atom is 0.235 e. The molecule has 0 unspecified atom stereocenters. The lowest BCUT2D eigenvalue weighted by Crippen LogP contribution is -2.22. The minimum absolute atomic E-state index is 0.0989. The van der Waals surface area contributed by atoms with Gasteiger partial charge in [-0.2, -0.15) is 5.26 Å². The van der Waals surface area contributed by atoms with Crippen molar-refractivity contribution in [3.8, 4) is 6.07 Å². The molecule has 0 radical (unpaired) electrons. The lowest BCUT2D eigenvalue weighted by Gasteiger charge is -2.27. The van der Waals surface area contributed by atoms with E-state index >= 15 is 0 Å². The molecule has 28 heavy (non-hydrogen) atoms. The Labute approximate surface area is 168 Å². The molecule has 0 aliphatic heterocycles. The molecule has 148 valence electrons. The Hall–Kier alpha value is -2.73. The summed E-state index contributed by atoms with van der Waals surface area (Å²) < 4.78 is 2.14. The van der Waals surface area contributed by atoms with Crippen molar-refractivity contribution in [1.29, 1.82) is 5.26 Å². The molecule has 2 aromatic heterocycles. The average Bonchev–Trinajstić information content (AvgIpc) is 2.89. The van der Waals surface area contributed by atoms with Gasteiger partial charge in [0.2, 0.25) is 5.91 Å². The number of nitrogens with zero attached hydrogens (tertiary/aromatic N) is 4. The smallest absolute Gasteiger partial charge is 0.235 e. The second-order valence-corrected chi connectivity index (χ2v) is 7.99. The third kappa shape index (κ3) is 4.22. The first-order valence-corrected chi connectivity index (χ1v) is 10.3. The molecule has 1 aliphatic carbocycles. The zero-order valence-electron chi connectivity index (χ0n) is 16.2. The van der Waals surface area contributed by atoms with Crippen molar-refractivity contribution in [3.63, 3.8) is 0 Å². The number of hydrogen-bond acceptors (Lipinski definition) is 7. The highest BCUT2D eigenvalue weighted by molar-refractivity contribution is 7.99. The van der Waals surface area contributed by atoms with Gasteiger partial charge in [-0.1, -0.05) is 31.0 Å². The van der Waals surface area contributed by atoms with Crippen LogP contribution in [-0.2, 0) is 4.79 Å². The molecule has 2 aromatic rings. The monoisotopic (exact) mass is 399 g/mol. The molecule has 5 N–H and O–H groups in total. The average molecular weight is 400 g/mol. The second-order valence-electron chi connectivity index (χ2n) is 7.04. The van der Waals surface area contributed by atoms with E-state index in [4.69, 9.17) is 11.5 Å². The normalized spacial score (nSPS) is 14.6. The van der Waals surface area contributed by atoms with Crippen LogP contribution in [-0.4, -0.2) is 26.2 Å². The van der Waals surface area contributed by atoms with E-state index in [1.54, 1.807) is 0 Å². The summed E-state index contributed by atoms with van der Waals surface area (Å²) in [6.07, 6.45) is 5.70. The van der Waals surface area contributed by atoms with Gasteiger partial charge in [0.25, 0.3) is 0 Å². The van der Waals surface area contributed by atoms with Crippen LogP contribution >= 0.6 is 11.8 Å². The first kappa shape index (κ1) is 20.0. The van der Waals surface area contributed by atoms with Crippen LogP contribution in [0.4, 0.5) is 17.5 Å². The Morgan fingerprint density at radius 2 is 1.93 bits per heavy atom. The van der Waals surface area contributed by atoms with Crippen LogP contribution in [0.5, 0.6) is 0 Å². The Kier molecular flexibility index (Phi) is 6.09. The summed E-state index contributed by atoms with van der Waals surface area (Å²) >= 11 is 1.16. The van der Waals surface area contributed by atoms with Gasteiger partial charge in [0, 0.05) is 17.8 Å². The fourth-order valence-electron chi connectivity index (χ4n) is 3.71. The van der Waals surface area contributed by atoms with Crippen LogP contribution in [0.1, 0.15) is 55.0 Å². The van der Waals surface area contributed by atoms with Crippen LogP contribution in [0.15, 0.2) is 11.2 Å². The third-order valence-corrected chi connectivity index (χ3v) is 5.99. The molecule has 0 bridgehead atoms. The number of nitrogens with one attached hydrogen (secondary N) is 1. The van der Waals surface area contributed by atoms with E-state index < -0.39 is 0 Å². The molecule has 9 heteroatoms. The Balaban J connectivity index is 1.79. The van der Waals surface area contributed by atoms with Crippen LogP contribution < -0.4 is 16.8 Å². The lowest BCUT2D eigenvalue weighted by molar-refractivity contribution is -0.113. The van der Waals surface area contributed by atoms with Gasteiger partial charge in [0.05, 0.1) is 11.3 Å². The van der Waals surface area contributed by atoms with E-state index in [2.05, 4.69) is 25.9 Å².